The zero-order valence-electron chi connectivity index (χ0n) is 7.96. The molecule has 15 heavy (non-hydrogen) atoms. The zero-order valence-corrected chi connectivity index (χ0v) is 11.1. The van der Waals surface area contributed by atoms with Crippen molar-refractivity contribution >= 4 is 31.9 Å². The molecule has 1 saturated heterocycles. The van der Waals surface area contributed by atoms with Gasteiger partial charge in [-0.1, -0.05) is 15.9 Å². The van der Waals surface area contributed by atoms with Crippen LogP contribution in [0.1, 0.15) is 11.6 Å². The van der Waals surface area contributed by atoms with E-state index in [1.807, 2.05) is 12.1 Å². The van der Waals surface area contributed by atoms with E-state index in [0.717, 1.165) is 23.2 Å². The van der Waals surface area contributed by atoms with Crippen molar-refractivity contribution in [2.45, 2.75) is 6.04 Å². The van der Waals surface area contributed by atoms with Crippen LogP contribution < -0.4 is 5.32 Å². The van der Waals surface area contributed by atoms with Crippen molar-refractivity contribution in [3.63, 3.8) is 0 Å². The Morgan fingerprint density at radius 3 is 2.87 bits per heavy atom. The lowest BCUT2D eigenvalue weighted by Gasteiger charge is -2.25. The maximum absolute atomic E-state index is 9.91. The third kappa shape index (κ3) is 2.53. The van der Waals surface area contributed by atoms with Crippen molar-refractivity contribution in [3.05, 3.63) is 26.6 Å². The van der Waals surface area contributed by atoms with E-state index in [2.05, 4.69) is 37.2 Å². The molecule has 0 amide bonds. The first kappa shape index (κ1) is 11.4. The van der Waals surface area contributed by atoms with E-state index in [9.17, 15) is 5.11 Å². The summed E-state index contributed by atoms with van der Waals surface area (Å²) in [5.74, 6) is 0.279. The van der Waals surface area contributed by atoms with Gasteiger partial charge < -0.3 is 15.2 Å². The summed E-state index contributed by atoms with van der Waals surface area (Å²) < 4.78 is 7.00. The molecule has 0 bridgehead atoms. The van der Waals surface area contributed by atoms with E-state index in [1.165, 1.54) is 0 Å². The average Bonchev–Trinajstić information content (AvgIpc) is 2.24. The monoisotopic (exact) mass is 335 g/mol. The molecule has 82 valence electrons. The number of ether oxygens (including phenoxy) is 1. The first-order valence-electron chi connectivity index (χ1n) is 4.67. The lowest BCUT2D eigenvalue weighted by atomic mass is 10.1. The van der Waals surface area contributed by atoms with Crippen LogP contribution in [0, 0.1) is 0 Å². The van der Waals surface area contributed by atoms with E-state index in [-0.39, 0.29) is 11.8 Å². The molecule has 0 aromatic heterocycles. The Kier molecular flexibility index (Phi) is 3.66. The third-order valence-electron chi connectivity index (χ3n) is 2.35. The van der Waals surface area contributed by atoms with Crippen LogP contribution in [-0.4, -0.2) is 24.9 Å². The highest BCUT2D eigenvalue weighted by molar-refractivity contribution is 9.11. The zero-order chi connectivity index (χ0) is 10.8. The van der Waals surface area contributed by atoms with E-state index in [1.54, 1.807) is 0 Å². The summed E-state index contributed by atoms with van der Waals surface area (Å²) in [5, 5.41) is 13.2. The van der Waals surface area contributed by atoms with Gasteiger partial charge in [0.25, 0.3) is 0 Å². The summed E-state index contributed by atoms with van der Waals surface area (Å²) in [6.07, 6.45) is 0. The lowest BCUT2D eigenvalue weighted by Crippen LogP contribution is -2.34. The Bertz CT molecular complexity index is 365. The normalized spacial score (nSPS) is 21.6. The van der Waals surface area contributed by atoms with Crippen molar-refractivity contribution in [2.24, 2.45) is 0 Å². The first-order valence-corrected chi connectivity index (χ1v) is 6.26. The van der Waals surface area contributed by atoms with E-state index >= 15 is 0 Å². The van der Waals surface area contributed by atoms with Gasteiger partial charge in [-0.05, 0) is 28.1 Å². The number of aromatic hydroxyl groups is 1. The van der Waals surface area contributed by atoms with E-state index in [4.69, 9.17) is 4.74 Å². The molecule has 0 unspecified atom stereocenters. The number of morpholine rings is 1. The van der Waals surface area contributed by atoms with Gasteiger partial charge >= 0.3 is 0 Å². The first-order chi connectivity index (χ1) is 7.18. The number of nitrogens with one attached hydrogen (secondary N) is 1. The molecule has 0 spiro atoms. The minimum absolute atomic E-state index is 0.0625. The standard InChI is InChI=1S/C10H11Br2NO2/c11-6-3-7(10(14)8(12)4-6)9-5-15-2-1-13-9/h3-4,9,13-14H,1-2,5H2/t9-/m0/s1. The molecule has 1 aliphatic heterocycles. The average molecular weight is 337 g/mol. The highest BCUT2D eigenvalue weighted by atomic mass is 79.9. The van der Waals surface area contributed by atoms with Crippen LogP contribution in [0.5, 0.6) is 5.75 Å². The van der Waals surface area contributed by atoms with Crippen LogP contribution in [0.2, 0.25) is 0 Å². The van der Waals surface area contributed by atoms with Crippen LogP contribution in [0.25, 0.3) is 0 Å². The Morgan fingerprint density at radius 1 is 1.40 bits per heavy atom. The van der Waals surface area contributed by atoms with Gasteiger partial charge in [-0.2, -0.15) is 0 Å². The summed E-state index contributed by atoms with van der Waals surface area (Å²) >= 11 is 6.72. The summed E-state index contributed by atoms with van der Waals surface area (Å²) in [6.45, 7) is 2.14. The maximum Gasteiger partial charge on any atom is 0.134 e. The van der Waals surface area contributed by atoms with Crippen molar-refractivity contribution in [1.29, 1.82) is 0 Å². The molecular formula is C10H11Br2NO2. The minimum atomic E-state index is 0.0625. The molecule has 1 aromatic carbocycles. The van der Waals surface area contributed by atoms with Crippen LogP contribution in [0.15, 0.2) is 21.1 Å². The number of benzene rings is 1. The molecule has 0 radical (unpaired) electrons. The van der Waals surface area contributed by atoms with Gasteiger partial charge in [0.15, 0.2) is 0 Å². The molecule has 2 rings (SSSR count). The van der Waals surface area contributed by atoms with Crippen molar-refractivity contribution in [3.8, 4) is 5.75 Å². The number of hydrogen-bond acceptors (Lipinski definition) is 3. The van der Waals surface area contributed by atoms with Crippen molar-refractivity contribution in [1.82, 2.24) is 5.32 Å². The smallest absolute Gasteiger partial charge is 0.134 e. The molecule has 1 aromatic rings. The molecule has 1 heterocycles. The second kappa shape index (κ2) is 4.82. The topological polar surface area (TPSA) is 41.5 Å². The predicted octanol–water partition coefficient (Wildman–Crippen LogP) is 2.58. The summed E-state index contributed by atoms with van der Waals surface area (Å²) in [7, 11) is 0. The minimum Gasteiger partial charge on any atom is -0.506 e. The fraction of sp³-hybridized carbons (Fsp3) is 0.400. The highest BCUT2D eigenvalue weighted by Crippen LogP contribution is 2.35. The summed E-state index contributed by atoms with van der Waals surface area (Å²) in [5.41, 5.74) is 0.857. The van der Waals surface area contributed by atoms with Crippen molar-refractivity contribution in [2.75, 3.05) is 19.8 Å². The van der Waals surface area contributed by atoms with E-state index in [0.29, 0.717) is 11.1 Å². The Morgan fingerprint density at radius 2 is 2.20 bits per heavy atom. The number of rotatable bonds is 1. The van der Waals surface area contributed by atoms with E-state index < -0.39 is 0 Å². The third-order valence-corrected chi connectivity index (χ3v) is 3.42. The SMILES string of the molecule is Oc1c(Br)cc(Br)cc1[C@@H]1COCCN1. The van der Waals surface area contributed by atoms with Gasteiger partial charge in [0.05, 0.1) is 23.7 Å². The van der Waals surface area contributed by atoms with Gasteiger partial charge in [0.1, 0.15) is 5.75 Å². The quantitative estimate of drug-likeness (QED) is 0.828. The molecule has 1 fully saturated rings. The van der Waals surface area contributed by atoms with Crippen LogP contribution in [0.4, 0.5) is 0 Å². The molecule has 3 nitrogen and oxygen atoms in total. The van der Waals surface area contributed by atoms with Crippen LogP contribution in [-0.2, 0) is 4.74 Å². The maximum atomic E-state index is 9.91. The second-order valence-electron chi connectivity index (χ2n) is 3.41. The number of hydrogen-bond donors (Lipinski definition) is 2. The fourth-order valence-electron chi connectivity index (χ4n) is 1.62. The van der Waals surface area contributed by atoms with Gasteiger partial charge in [0.2, 0.25) is 0 Å². The van der Waals surface area contributed by atoms with Crippen LogP contribution >= 0.6 is 31.9 Å². The predicted molar refractivity (Wildman–Crippen MR) is 65.1 cm³/mol. The second-order valence-corrected chi connectivity index (χ2v) is 5.18. The summed E-state index contributed by atoms with van der Waals surface area (Å²) in [4.78, 5) is 0. The molecule has 1 atom stereocenters. The lowest BCUT2D eigenvalue weighted by molar-refractivity contribution is 0.0760. The van der Waals surface area contributed by atoms with Gasteiger partial charge in [-0.3, -0.25) is 0 Å². The molecule has 0 saturated carbocycles. The van der Waals surface area contributed by atoms with Gasteiger partial charge in [-0.15, -0.1) is 0 Å². The number of phenolic OH excluding ortho intramolecular Hbond substituents is 1. The molecule has 2 N–H and O–H groups in total. The molecule has 0 aliphatic carbocycles. The summed E-state index contributed by atoms with van der Waals surface area (Å²) in [6, 6.07) is 3.79. The highest BCUT2D eigenvalue weighted by Gasteiger charge is 2.20. The Labute approximate surface area is 105 Å². The molecule has 1 aliphatic rings. The molecular weight excluding hydrogens is 326 g/mol. The molecule has 5 heteroatoms. The van der Waals surface area contributed by atoms with Crippen LogP contribution in [0.3, 0.4) is 0 Å². The van der Waals surface area contributed by atoms with Crippen molar-refractivity contribution < 1.29 is 9.84 Å². The Hall–Kier alpha value is -0.100. The number of halogens is 2. The van der Waals surface area contributed by atoms with Gasteiger partial charge in [-0.25, -0.2) is 0 Å². The van der Waals surface area contributed by atoms with Gasteiger partial charge in [0, 0.05) is 16.6 Å². The largest absolute Gasteiger partial charge is 0.506 e. The fourth-order valence-corrected chi connectivity index (χ4v) is 2.87. The Balaban J connectivity index is 2.33. The number of phenols is 1.